The van der Waals surface area contributed by atoms with Crippen LogP contribution in [-0.4, -0.2) is 46.7 Å². The lowest BCUT2D eigenvalue weighted by molar-refractivity contribution is 0.0334. The Labute approximate surface area is 79.6 Å². The first-order chi connectivity index (χ1) is 6.17. The van der Waals surface area contributed by atoms with Crippen molar-refractivity contribution in [3.8, 4) is 0 Å². The summed E-state index contributed by atoms with van der Waals surface area (Å²) in [7, 11) is 0. The van der Waals surface area contributed by atoms with Crippen LogP contribution in [0.1, 0.15) is 26.7 Å². The number of hydrogen-bond donors (Lipinski definition) is 4. The summed E-state index contributed by atoms with van der Waals surface area (Å²) in [6.07, 6.45) is 1.83. The van der Waals surface area contributed by atoms with E-state index in [4.69, 9.17) is 15.3 Å². The second kappa shape index (κ2) is 6.32. The summed E-state index contributed by atoms with van der Waals surface area (Å²) in [5, 5.41) is 30.2. The Morgan fingerprint density at radius 3 is 1.62 bits per heavy atom. The van der Waals surface area contributed by atoms with Crippen LogP contribution in [0, 0.1) is 0 Å². The van der Waals surface area contributed by atoms with Crippen molar-refractivity contribution in [1.82, 2.24) is 5.32 Å². The third-order valence-corrected chi connectivity index (χ3v) is 2.40. The predicted octanol–water partition coefficient (Wildman–Crippen LogP) is -0.520. The lowest BCUT2D eigenvalue weighted by Gasteiger charge is -2.33. The van der Waals surface area contributed by atoms with Crippen molar-refractivity contribution < 1.29 is 15.3 Å². The molecule has 0 aliphatic heterocycles. The van der Waals surface area contributed by atoms with Crippen molar-refractivity contribution in [1.29, 1.82) is 0 Å². The fraction of sp³-hybridized carbons (Fsp3) is 1.00. The van der Waals surface area contributed by atoms with E-state index in [0.717, 1.165) is 12.8 Å². The summed E-state index contributed by atoms with van der Waals surface area (Å²) >= 11 is 0. The minimum absolute atomic E-state index is 0.228. The molecule has 0 aliphatic rings. The fourth-order valence-electron chi connectivity index (χ4n) is 1.21. The summed E-state index contributed by atoms with van der Waals surface area (Å²) in [4.78, 5) is 0. The number of nitrogens with one attached hydrogen (secondary N) is 1. The molecule has 0 rings (SSSR count). The summed E-state index contributed by atoms with van der Waals surface area (Å²) in [6.45, 7) is 3.29. The second-order valence-electron chi connectivity index (χ2n) is 3.41. The van der Waals surface area contributed by atoms with Crippen molar-refractivity contribution in [3.05, 3.63) is 0 Å². The van der Waals surface area contributed by atoms with E-state index in [2.05, 4.69) is 5.32 Å². The van der Waals surface area contributed by atoms with Crippen LogP contribution in [0.4, 0.5) is 0 Å². The highest BCUT2D eigenvalue weighted by Gasteiger charge is 2.29. The van der Waals surface area contributed by atoms with Crippen LogP contribution in [0.3, 0.4) is 0 Å². The van der Waals surface area contributed by atoms with Crippen molar-refractivity contribution in [2.45, 2.75) is 38.3 Å². The van der Waals surface area contributed by atoms with Gasteiger partial charge in [0.1, 0.15) is 0 Å². The molecule has 0 saturated carbocycles. The van der Waals surface area contributed by atoms with Gasteiger partial charge in [-0.3, -0.25) is 0 Å². The maximum absolute atomic E-state index is 9.03. The van der Waals surface area contributed by atoms with Gasteiger partial charge in [0, 0.05) is 6.04 Å². The van der Waals surface area contributed by atoms with Gasteiger partial charge in [0.15, 0.2) is 0 Å². The summed E-state index contributed by atoms with van der Waals surface area (Å²) < 4.78 is 0. The molecule has 4 nitrogen and oxygen atoms in total. The van der Waals surface area contributed by atoms with Gasteiger partial charge in [-0.15, -0.1) is 0 Å². The largest absolute Gasteiger partial charge is 0.394 e. The van der Waals surface area contributed by atoms with E-state index in [1.807, 2.05) is 13.8 Å². The molecule has 0 fully saturated rings. The molecule has 4 N–H and O–H groups in total. The summed E-state index contributed by atoms with van der Waals surface area (Å²) in [6, 6.07) is 0.228. The van der Waals surface area contributed by atoms with Gasteiger partial charge in [-0.05, 0) is 12.8 Å². The maximum Gasteiger partial charge on any atom is 0.0883 e. The Morgan fingerprint density at radius 2 is 1.38 bits per heavy atom. The average molecular weight is 191 g/mol. The van der Waals surface area contributed by atoms with E-state index < -0.39 is 5.54 Å². The first kappa shape index (κ1) is 12.8. The third kappa shape index (κ3) is 3.60. The minimum atomic E-state index is -0.934. The molecule has 0 heterocycles. The van der Waals surface area contributed by atoms with Gasteiger partial charge in [0.25, 0.3) is 0 Å². The van der Waals surface area contributed by atoms with Crippen LogP contribution in [0.5, 0.6) is 0 Å². The fourth-order valence-corrected chi connectivity index (χ4v) is 1.21. The highest BCUT2D eigenvalue weighted by atomic mass is 16.3. The molecule has 13 heavy (non-hydrogen) atoms. The standard InChI is InChI=1S/C9H21NO3/c1-3-8(4-2)10-9(5-11,6-12)7-13/h8,10-13H,3-7H2,1-2H3. The zero-order chi connectivity index (χ0) is 10.3. The predicted molar refractivity (Wildman–Crippen MR) is 51.5 cm³/mol. The molecule has 80 valence electrons. The topological polar surface area (TPSA) is 72.7 Å². The van der Waals surface area contributed by atoms with Crippen molar-refractivity contribution in [2.24, 2.45) is 0 Å². The van der Waals surface area contributed by atoms with Crippen LogP contribution < -0.4 is 5.32 Å². The number of aliphatic hydroxyl groups is 3. The molecule has 0 atom stereocenters. The average Bonchev–Trinajstić information content (AvgIpc) is 2.21. The molecular weight excluding hydrogens is 170 g/mol. The van der Waals surface area contributed by atoms with Crippen molar-refractivity contribution >= 4 is 0 Å². The molecule has 0 aromatic rings. The van der Waals surface area contributed by atoms with E-state index >= 15 is 0 Å². The molecule has 0 saturated heterocycles. The molecule has 0 spiro atoms. The van der Waals surface area contributed by atoms with E-state index in [1.54, 1.807) is 0 Å². The minimum Gasteiger partial charge on any atom is -0.394 e. The molecule has 0 aromatic heterocycles. The van der Waals surface area contributed by atoms with Gasteiger partial charge >= 0.3 is 0 Å². The molecule has 4 heteroatoms. The molecule has 0 radical (unpaired) electrons. The molecule has 0 amide bonds. The normalized spacial score (nSPS) is 12.5. The first-order valence-corrected chi connectivity index (χ1v) is 4.78. The highest BCUT2D eigenvalue weighted by molar-refractivity contribution is 4.88. The Bertz CT molecular complexity index is 114. The molecule has 0 unspecified atom stereocenters. The second-order valence-corrected chi connectivity index (χ2v) is 3.41. The third-order valence-electron chi connectivity index (χ3n) is 2.40. The van der Waals surface area contributed by atoms with Gasteiger partial charge in [-0.2, -0.15) is 0 Å². The highest BCUT2D eigenvalue weighted by Crippen LogP contribution is 2.07. The van der Waals surface area contributed by atoms with Gasteiger partial charge in [0.05, 0.1) is 25.4 Å². The summed E-state index contributed by atoms with van der Waals surface area (Å²) in [5.74, 6) is 0. The van der Waals surface area contributed by atoms with Crippen LogP contribution in [0.15, 0.2) is 0 Å². The first-order valence-electron chi connectivity index (χ1n) is 4.78. The molecule has 0 aliphatic carbocycles. The monoisotopic (exact) mass is 191 g/mol. The molecule has 0 aromatic carbocycles. The number of rotatable bonds is 7. The van der Waals surface area contributed by atoms with Gasteiger partial charge < -0.3 is 20.6 Å². The quantitative estimate of drug-likeness (QED) is 0.437. The zero-order valence-corrected chi connectivity index (χ0v) is 8.45. The van der Waals surface area contributed by atoms with Crippen LogP contribution >= 0.6 is 0 Å². The molecule has 0 bridgehead atoms. The number of aliphatic hydroxyl groups excluding tert-OH is 3. The Balaban J connectivity index is 4.21. The van der Waals surface area contributed by atoms with Crippen molar-refractivity contribution in [3.63, 3.8) is 0 Å². The van der Waals surface area contributed by atoms with Crippen LogP contribution in [0.25, 0.3) is 0 Å². The zero-order valence-electron chi connectivity index (χ0n) is 8.45. The Kier molecular flexibility index (Phi) is 6.24. The van der Waals surface area contributed by atoms with E-state index in [-0.39, 0.29) is 25.9 Å². The van der Waals surface area contributed by atoms with Crippen LogP contribution in [0.2, 0.25) is 0 Å². The van der Waals surface area contributed by atoms with E-state index in [9.17, 15) is 0 Å². The lowest BCUT2D eigenvalue weighted by Crippen LogP contribution is -2.58. The van der Waals surface area contributed by atoms with E-state index in [1.165, 1.54) is 0 Å². The van der Waals surface area contributed by atoms with Gasteiger partial charge in [-0.1, -0.05) is 13.8 Å². The maximum atomic E-state index is 9.03. The SMILES string of the molecule is CCC(CC)NC(CO)(CO)CO. The summed E-state index contributed by atoms with van der Waals surface area (Å²) in [5.41, 5.74) is -0.934. The lowest BCUT2D eigenvalue weighted by atomic mass is 10.00. The van der Waals surface area contributed by atoms with Crippen LogP contribution in [-0.2, 0) is 0 Å². The molecular formula is C9H21NO3. The van der Waals surface area contributed by atoms with E-state index in [0.29, 0.717) is 0 Å². The Hall–Kier alpha value is -0.160. The smallest absolute Gasteiger partial charge is 0.0883 e. The van der Waals surface area contributed by atoms with Gasteiger partial charge in [-0.25, -0.2) is 0 Å². The number of hydrogen-bond acceptors (Lipinski definition) is 4. The van der Waals surface area contributed by atoms with Gasteiger partial charge in [0.2, 0.25) is 0 Å². The van der Waals surface area contributed by atoms with Crippen molar-refractivity contribution in [2.75, 3.05) is 19.8 Å². The Morgan fingerprint density at radius 1 is 1.00 bits per heavy atom.